The minimum atomic E-state index is -0.496. The highest BCUT2D eigenvalue weighted by molar-refractivity contribution is 6.29. The van der Waals surface area contributed by atoms with E-state index in [1.165, 1.54) is 0 Å². The molecule has 1 atom stereocenters. The summed E-state index contributed by atoms with van der Waals surface area (Å²) in [5.41, 5.74) is 2.10. The molecule has 1 unspecified atom stereocenters. The van der Waals surface area contributed by atoms with Gasteiger partial charge in [-0.3, -0.25) is 9.59 Å². The fourth-order valence-corrected chi connectivity index (χ4v) is 2.76. The smallest absolute Gasteiger partial charge is 0.308 e. The predicted octanol–water partition coefficient (Wildman–Crippen LogP) is 4.34. The largest absolute Gasteiger partial charge is 0.461 e. The van der Waals surface area contributed by atoms with Crippen molar-refractivity contribution in [3.8, 4) is 0 Å². The maximum absolute atomic E-state index is 12.5. The Kier molecular flexibility index (Phi) is 6.76. The Balaban J connectivity index is 1.66. The summed E-state index contributed by atoms with van der Waals surface area (Å²) in [6.07, 6.45) is 1.57. The zero-order valence-electron chi connectivity index (χ0n) is 15.0. The lowest BCUT2D eigenvalue weighted by molar-refractivity contribution is -0.145. The summed E-state index contributed by atoms with van der Waals surface area (Å²) in [6, 6.07) is 21.1. The Morgan fingerprint density at radius 1 is 0.964 bits per heavy atom. The van der Waals surface area contributed by atoms with E-state index >= 15 is 0 Å². The molecule has 2 aromatic carbocycles. The molecule has 0 spiro atoms. The fourth-order valence-electron chi connectivity index (χ4n) is 2.65. The van der Waals surface area contributed by atoms with Crippen molar-refractivity contribution >= 4 is 23.5 Å². The lowest BCUT2D eigenvalue weighted by Crippen LogP contribution is -2.30. The molecule has 28 heavy (non-hydrogen) atoms. The van der Waals surface area contributed by atoms with E-state index in [1.807, 2.05) is 36.4 Å². The summed E-state index contributed by atoms with van der Waals surface area (Å²) in [5, 5.41) is 3.29. The first kappa shape index (κ1) is 19.6. The Morgan fingerprint density at radius 3 is 2.29 bits per heavy atom. The second-order valence-corrected chi connectivity index (χ2v) is 6.54. The van der Waals surface area contributed by atoms with Crippen molar-refractivity contribution in [1.29, 1.82) is 0 Å². The van der Waals surface area contributed by atoms with Crippen LogP contribution in [0.25, 0.3) is 0 Å². The normalized spacial score (nSPS) is 11.5. The van der Waals surface area contributed by atoms with Crippen LogP contribution in [0.4, 0.5) is 0 Å². The van der Waals surface area contributed by atoms with Gasteiger partial charge < -0.3 is 10.1 Å². The van der Waals surface area contributed by atoms with Gasteiger partial charge in [0.2, 0.25) is 0 Å². The summed E-state index contributed by atoms with van der Waals surface area (Å²) in [5.74, 6) is -0.665. The molecule has 0 fully saturated rings. The standard InChI is InChI=1S/C22H19ClN2O3/c23-20-12-11-16(14-24-20)15-28-21(26)13-19(17-7-3-1-4-8-17)25-22(27)18-9-5-2-6-10-18/h1-12,14,19H,13,15H2,(H,25,27). The van der Waals surface area contributed by atoms with Gasteiger partial charge in [-0.25, -0.2) is 4.98 Å². The molecular weight excluding hydrogens is 376 g/mol. The van der Waals surface area contributed by atoms with Gasteiger partial charge in [0.25, 0.3) is 5.91 Å². The molecule has 0 aliphatic heterocycles. The highest BCUT2D eigenvalue weighted by Gasteiger charge is 2.20. The molecule has 0 saturated heterocycles. The summed E-state index contributed by atoms with van der Waals surface area (Å²) in [4.78, 5) is 28.9. The Bertz CT molecular complexity index is 916. The molecular formula is C22H19ClN2O3. The second kappa shape index (κ2) is 9.67. The van der Waals surface area contributed by atoms with Crippen LogP contribution in [0.15, 0.2) is 79.0 Å². The van der Waals surface area contributed by atoms with Gasteiger partial charge in [0, 0.05) is 17.3 Å². The zero-order chi connectivity index (χ0) is 19.8. The third-order valence-electron chi connectivity index (χ3n) is 4.10. The molecule has 6 heteroatoms. The van der Waals surface area contributed by atoms with Crippen LogP contribution in [0, 0.1) is 0 Å². The van der Waals surface area contributed by atoms with Crippen molar-refractivity contribution in [2.75, 3.05) is 0 Å². The highest BCUT2D eigenvalue weighted by atomic mass is 35.5. The molecule has 3 rings (SSSR count). The Labute approximate surface area is 168 Å². The van der Waals surface area contributed by atoms with E-state index in [4.69, 9.17) is 16.3 Å². The zero-order valence-corrected chi connectivity index (χ0v) is 15.8. The Hall–Kier alpha value is -3.18. The maximum Gasteiger partial charge on any atom is 0.308 e. The summed E-state index contributed by atoms with van der Waals surface area (Å²) < 4.78 is 5.33. The SMILES string of the molecule is O=C(CC(NC(=O)c1ccccc1)c1ccccc1)OCc1ccc(Cl)nc1. The number of carbonyl (C=O) groups excluding carboxylic acids is 2. The van der Waals surface area contributed by atoms with E-state index in [1.54, 1.807) is 42.6 Å². The number of pyridine rings is 1. The Morgan fingerprint density at radius 2 is 1.64 bits per heavy atom. The molecule has 0 bridgehead atoms. The number of ether oxygens (including phenoxy) is 1. The number of halogens is 1. The minimum Gasteiger partial charge on any atom is -0.461 e. The minimum absolute atomic E-state index is 0.0175. The van der Waals surface area contributed by atoms with Gasteiger partial charge in [-0.15, -0.1) is 0 Å². The van der Waals surface area contributed by atoms with Gasteiger partial charge in [0.05, 0.1) is 12.5 Å². The third-order valence-corrected chi connectivity index (χ3v) is 4.33. The van der Waals surface area contributed by atoms with E-state index < -0.39 is 12.0 Å². The molecule has 0 radical (unpaired) electrons. The molecule has 0 saturated carbocycles. The van der Waals surface area contributed by atoms with E-state index in [0.29, 0.717) is 10.7 Å². The van der Waals surface area contributed by atoms with Gasteiger partial charge in [-0.1, -0.05) is 66.2 Å². The fraction of sp³-hybridized carbons (Fsp3) is 0.136. The highest BCUT2D eigenvalue weighted by Crippen LogP contribution is 2.19. The van der Waals surface area contributed by atoms with Crippen molar-refractivity contribution in [3.05, 3.63) is 101 Å². The van der Waals surface area contributed by atoms with Crippen LogP contribution >= 0.6 is 11.6 Å². The molecule has 1 N–H and O–H groups in total. The number of carbonyl (C=O) groups is 2. The van der Waals surface area contributed by atoms with Gasteiger partial charge in [0.15, 0.2) is 0 Å². The van der Waals surface area contributed by atoms with Crippen molar-refractivity contribution in [2.45, 2.75) is 19.1 Å². The monoisotopic (exact) mass is 394 g/mol. The van der Waals surface area contributed by atoms with Crippen LogP contribution < -0.4 is 5.32 Å². The molecule has 3 aromatic rings. The van der Waals surface area contributed by atoms with E-state index in [9.17, 15) is 9.59 Å². The van der Waals surface area contributed by atoms with Crippen molar-refractivity contribution in [2.24, 2.45) is 0 Å². The number of benzene rings is 2. The van der Waals surface area contributed by atoms with Crippen LogP contribution in [0.2, 0.25) is 5.15 Å². The molecule has 1 heterocycles. The van der Waals surface area contributed by atoms with Gasteiger partial charge in [-0.2, -0.15) is 0 Å². The molecule has 142 valence electrons. The average molecular weight is 395 g/mol. The topological polar surface area (TPSA) is 68.3 Å². The van der Waals surface area contributed by atoms with Crippen molar-refractivity contribution < 1.29 is 14.3 Å². The number of amides is 1. The number of hydrogen-bond acceptors (Lipinski definition) is 4. The maximum atomic E-state index is 12.5. The summed E-state index contributed by atoms with van der Waals surface area (Å²) in [7, 11) is 0. The van der Waals surface area contributed by atoms with Crippen LogP contribution in [-0.2, 0) is 16.1 Å². The van der Waals surface area contributed by atoms with Crippen molar-refractivity contribution in [1.82, 2.24) is 10.3 Å². The predicted molar refractivity (Wildman–Crippen MR) is 107 cm³/mol. The van der Waals surface area contributed by atoms with Crippen molar-refractivity contribution in [3.63, 3.8) is 0 Å². The quantitative estimate of drug-likeness (QED) is 0.478. The van der Waals surface area contributed by atoms with Crippen LogP contribution in [-0.4, -0.2) is 16.9 Å². The van der Waals surface area contributed by atoms with E-state index in [0.717, 1.165) is 11.1 Å². The lowest BCUT2D eigenvalue weighted by Gasteiger charge is -2.19. The van der Waals surface area contributed by atoms with Gasteiger partial charge in [0.1, 0.15) is 11.8 Å². The van der Waals surface area contributed by atoms with E-state index in [-0.39, 0.29) is 18.9 Å². The first-order chi connectivity index (χ1) is 13.6. The number of rotatable bonds is 7. The van der Waals surface area contributed by atoms with Gasteiger partial charge in [-0.05, 0) is 23.8 Å². The number of hydrogen-bond donors (Lipinski definition) is 1. The number of esters is 1. The number of aromatic nitrogens is 1. The first-order valence-electron chi connectivity index (χ1n) is 8.79. The number of nitrogens with one attached hydrogen (secondary N) is 1. The molecule has 0 aliphatic carbocycles. The third kappa shape index (κ3) is 5.66. The molecule has 5 nitrogen and oxygen atoms in total. The van der Waals surface area contributed by atoms with Crippen LogP contribution in [0.1, 0.15) is 33.9 Å². The number of nitrogens with zero attached hydrogens (tertiary/aromatic N) is 1. The molecule has 1 aromatic heterocycles. The molecule has 0 aliphatic rings. The van der Waals surface area contributed by atoms with Gasteiger partial charge >= 0.3 is 5.97 Å². The van der Waals surface area contributed by atoms with E-state index in [2.05, 4.69) is 10.3 Å². The average Bonchev–Trinajstić information content (AvgIpc) is 2.74. The lowest BCUT2D eigenvalue weighted by atomic mass is 10.0. The molecule has 1 amide bonds. The summed E-state index contributed by atoms with van der Waals surface area (Å²) in [6.45, 7) is 0.0944. The van der Waals surface area contributed by atoms with Crippen LogP contribution in [0.3, 0.4) is 0 Å². The summed E-state index contributed by atoms with van der Waals surface area (Å²) >= 11 is 5.75. The first-order valence-corrected chi connectivity index (χ1v) is 9.16. The second-order valence-electron chi connectivity index (χ2n) is 6.16. The van der Waals surface area contributed by atoms with Crippen LogP contribution in [0.5, 0.6) is 0 Å².